The van der Waals surface area contributed by atoms with Crippen molar-refractivity contribution in [3.63, 3.8) is 0 Å². The van der Waals surface area contributed by atoms with Crippen LogP contribution in [0.15, 0.2) is 57.7 Å². The molecular formula is C52H61Br2Cl4N5O4. The van der Waals surface area contributed by atoms with Gasteiger partial charge in [-0.1, -0.05) is 59.7 Å². The molecule has 1 N–H and O–H groups in total. The minimum Gasteiger partial charge on any atom is -0.444 e. The van der Waals surface area contributed by atoms with Crippen LogP contribution in [0.5, 0.6) is 0 Å². The van der Waals surface area contributed by atoms with Gasteiger partial charge in [-0.15, -0.1) is 0 Å². The van der Waals surface area contributed by atoms with E-state index in [0.717, 1.165) is 108 Å². The number of likely N-dealkylation sites (tertiary alicyclic amines) is 2. The summed E-state index contributed by atoms with van der Waals surface area (Å²) >= 11 is 33.5. The Hall–Kier alpha value is -2.93. The molecule has 8 rings (SSSR count). The Morgan fingerprint density at radius 3 is 1.49 bits per heavy atom. The third-order valence-corrected chi connectivity index (χ3v) is 15.5. The number of piperidine rings is 2. The predicted molar refractivity (Wildman–Crippen MR) is 277 cm³/mol. The number of nitrogens with zero attached hydrogens (tertiary/aromatic N) is 4. The fraction of sp³-hybridized carbons (Fsp3) is 0.519. The first-order chi connectivity index (χ1) is 32.0. The van der Waals surface area contributed by atoms with E-state index < -0.39 is 11.7 Å². The van der Waals surface area contributed by atoms with E-state index in [1.165, 1.54) is 27.8 Å². The zero-order valence-corrected chi connectivity index (χ0v) is 45.0. The van der Waals surface area contributed by atoms with Crippen molar-refractivity contribution in [3.8, 4) is 0 Å². The SMILES string of the molecule is CC(C)(C)OC(=O)NCCCC(=O)N1CCC(C2c3ncc(Br)cc3CCc3cc(Cl)cc(Cl)c32)CC1.CCCCC(=O)N1CCC(C2c3ncc(Br)cc3CCc3cc(Cl)cc(Cl)c32)CC1. The maximum atomic E-state index is 12.9. The van der Waals surface area contributed by atoms with E-state index in [1.807, 2.05) is 61.2 Å². The van der Waals surface area contributed by atoms with E-state index in [-0.39, 0.29) is 17.7 Å². The van der Waals surface area contributed by atoms with Crippen molar-refractivity contribution in [2.24, 2.45) is 11.8 Å². The number of pyridine rings is 2. The number of hydrogen-bond donors (Lipinski definition) is 1. The molecule has 4 heterocycles. The maximum Gasteiger partial charge on any atom is 0.407 e. The van der Waals surface area contributed by atoms with E-state index in [2.05, 4.69) is 62.3 Å². The van der Waals surface area contributed by atoms with E-state index in [9.17, 15) is 14.4 Å². The van der Waals surface area contributed by atoms with Crippen LogP contribution in [0.1, 0.15) is 142 Å². The smallest absolute Gasteiger partial charge is 0.407 e. The van der Waals surface area contributed by atoms with Crippen LogP contribution in [0.2, 0.25) is 20.1 Å². The molecule has 9 nitrogen and oxygen atoms in total. The molecule has 15 heteroatoms. The van der Waals surface area contributed by atoms with Gasteiger partial charge in [-0.2, -0.15) is 0 Å². The molecule has 2 aliphatic heterocycles. The molecule has 67 heavy (non-hydrogen) atoms. The molecule has 4 aromatic rings. The zero-order chi connectivity index (χ0) is 48.0. The largest absolute Gasteiger partial charge is 0.444 e. The zero-order valence-electron chi connectivity index (χ0n) is 38.8. The summed E-state index contributed by atoms with van der Waals surface area (Å²) in [6, 6.07) is 12.2. The highest BCUT2D eigenvalue weighted by Crippen LogP contribution is 2.48. The number of rotatable bonds is 9. The Morgan fingerprint density at radius 2 is 1.07 bits per heavy atom. The third kappa shape index (κ3) is 13.3. The first kappa shape index (κ1) is 51.9. The molecule has 0 spiro atoms. The van der Waals surface area contributed by atoms with Crippen molar-refractivity contribution >= 4 is 96.2 Å². The monoisotopic (exact) mass is 1120 g/mol. The van der Waals surface area contributed by atoms with Gasteiger partial charge in [0.2, 0.25) is 11.8 Å². The van der Waals surface area contributed by atoms with Gasteiger partial charge in [0.05, 0.1) is 11.4 Å². The van der Waals surface area contributed by atoms with E-state index in [1.54, 1.807) is 0 Å². The van der Waals surface area contributed by atoms with Gasteiger partial charge in [0.1, 0.15) is 5.60 Å². The quantitative estimate of drug-likeness (QED) is 0.167. The highest BCUT2D eigenvalue weighted by Gasteiger charge is 2.38. The predicted octanol–water partition coefficient (Wildman–Crippen LogP) is 13.7. The van der Waals surface area contributed by atoms with Crippen LogP contribution in [0.3, 0.4) is 0 Å². The molecule has 2 saturated heterocycles. The lowest BCUT2D eigenvalue weighted by atomic mass is 9.76. The second-order valence-electron chi connectivity index (χ2n) is 19.3. The van der Waals surface area contributed by atoms with Crippen molar-refractivity contribution in [2.75, 3.05) is 32.7 Å². The van der Waals surface area contributed by atoms with Crippen molar-refractivity contribution in [1.82, 2.24) is 25.1 Å². The Kier molecular flexibility index (Phi) is 18.1. The third-order valence-electron chi connectivity index (χ3n) is 13.5. The summed E-state index contributed by atoms with van der Waals surface area (Å²) in [5.74, 6) is 1.36. The molecule has 2 fully saturated rings. The molecular weight excluding hydrogens is 1060 g/mol. The van der Waals surface area contributed by atoms with E-state index in [4.69, 9.17) is 61.1 Å². The molecule has 0 saturated carbocycles. The Bertz CT molecular complexity index is 2430. The molecule has 4 aliphatic rings. The van der Waals surface area contributed by atoms with Crippen LogP contribution < -0.4 is 5.32 Å². The summed E-state index contributed by atoms with van der Waals surface area (Å²) in [6.07, 6.45) is 14.3. The van der Waals surface area contributed by atoms with Crippen LogP contribution in [-0.4, -0.2) is 76.0 Å². The number of amides is 3. The van der Waals surface area contributed by atoms with Gasteiger partial charge in [0.15, 0.2) is 0 Å². The molecule has 360 valence electrons. The number of alkyl carbamates (subject to hydrolysis) is 1. The molecule has 0 radical (unpaired) electrons. The number of fused-ring (bicyclic) bond motifs is 4. The number of nitrogens with one attached hydrogen (secondary N) is 1. The first-order valence-electron chi connectivity index (χ1n) is 23.8. The Labute approximate surface area is 433 Å². The summed E-state index contributed by atoms with van der Waals surface area (Å²) in [7, 11) is 0. The summed E-state index contributed by atoms with van der Waals surface area (Å²) < 4.78 is 7.22. The number of carbonyl (C=O) groups is 3. The van der Waals surface area contributed by atoms with Crippen molar-refractivity contribution in [1.29, 1.82) is 0 Å². The van der Waals surface area contributed by atoms with Gasteiger partial charge >= 0.3 is 6.09 Å². The molecule has 2 aliphatic carbocycles. The van der Waals surface area contributed by atoms with Gasteiger partial charge in [0.25, 0.3) is 0 Å². The highest BCUT2D eigenvalue weighted by atomic mass is 79.9. The molecule has 2 unspecified atom stereocenters. The number of unbranched alkanes of at least 4 members (excludes halogenated alkanes) is 1. The number of halogens is 6. The molecule has 3 amide bonds. The maximum absolute atomic E-state index is 12.9. The lowest BCUT2D eigenvalue weighted by Crippen LogP contribution is -2.40. The average Bonchev–Trinajstić information content (AvgIpc) is 3.54. The number of carbonyl (C=O) groups excluding carboxylic acids is 3. The normalized spacial score (nSPS) is 18.5. The van der Waals surface area contributed by atoms with E-state index in [0.29, 0.717) is 71.7 Å². The Morgan fingerprint density at radius 1 is 0.657 bits per heavy atom. The summed E-state index contributed by atoms with van der Waals surface area (Å²) in [5.41, 5.74) is 8.94. The van der Waals surface area contributed by atoms with Crippen LogP contribution in [0, 0.1) is 11.8 Å². The van der Waals surface area contributed by atoms with Crippen molar-refractivity contribution in [3.05, 3.63) is 123 Å². The van der Waals surface area contributed by atoms with Gasteiger partial charge in [-0.3, -0.25) is 19.6 Å². The van der Waals surface area contributed by atoms with Crippen molar-refractivity contribution in [2.45, 2.75) is 129 Å². The Balaban J connectivity index is 0.000000203. The topological polar surface area (TPSA) is 105 Å². The number of ether oxygens (including phenoxy) is 1. The van der Waals surface area contributed by atoms with Gasteiger partial charge in [-0.05, 0) is 198 Å². The first-order valence-corrected chi connectivity index (χ1v) is 26.9. The second kappa shape index (κ2) is 23.3. The van der Waals surface area contributed by atoms with Gasteiger partial charge in [-0.25, -0.2) is 4.79 Å². The number of benzene rings is 2. The van der Waals surface area contributed by atoms with Crippen LogP contribution >= 0.6 is 78.3 Å². The molecule has 2 atom stereocenters. The number of aryl methyl sites for hydroxylation is 4. The lowest BCUT2D eigenvalue weighted by Gasteiger charge is -2.37. The average molecular weight is 1120 g/mol. The van der Waals surface area contributed by atoms with Crippen molar-refractivity contribution < 1.29 is 19.1 Å². The number of hydrogen-bond acceptors (Lipinski definition) is 6. The molecule has 2 aromatic heterocycles. The second-order valence-corrected chi connectivity index (χ2v) is 22.9. The van der Waals surface area contributed by atoms with Crippen LogP contribution in [0.4, 0.5) is 4.79 Å². The minimum atomic E-state index is -0.537. The standard InChI is InChI=1S/C28H34BrCl2N3O3.C24H27BrCl2N2O/c1-28(2,3)37-27(36)32-10-4-5-23(35)34-11-8-17(9-12-34)25-24-18(14-21(30)15-22(24)31)6-7-19-13-20(29)16-33-26(19)25;1-2-3-4-21(30)29-9-7-15(8-10-29)23-22-16(12-19(26)13-20(22)27)5-6-17-11-18(25)14-28-24(17)23/h13-17,25H,4-12H2,1-3H3,(H,32,36);11-15,23H,2-10H2,1H3. The lowest BCUT2D eigenvalue weighted by molar-refractivity contribution is -0.133. The molecule has 0 bridgehead atoms. The summed E-state index contributed by atoms with van der Waals surface area (Å²) in [5, 5.41) is 5.50. The molecule has 2 aromatic carbocycles. The van der Waals surface area contributed by atoms with Crippen LogP contribution in [0.25, 0.3) is 0 Å². The van der Waals surface area contributed by atoms with Gasteiger partial charge in [0, 0.05) is 98.8 Å². The van der Waals surface area contributed by atoms with E-state index >= 15 is 0 Å². The van der Waals surface area contributed by atoms with Gasteiger partial charge < -0.3 is 19.9 Å². The summed E-state index contributed by atoms with van der Waals surface area (Å²) in [4.78, 5) is 50.9. The fourth-order valence-corrected chi connectivity index (χ4v) is 12.5. The highest BCUT2D eigenvalue weighted by molar-refractivity contribution is 9.10. The van der Waals surface area contributed by atoms with Crippen LogP contribution in [-0.2, 0) is 40.0 Å². The fourth-order valence-electron chi connectivity index (χ4n) is 10.4. The number of aromatic nitrogens is 2. The summed E-state index contributed by atoms with van der Waals surface area (Å²) in [6.45, 7) is 11.0. The minimum absolute atomic E-state index is 0.0700.